The third kappa shape index (κ3) is 2.54. The number of alkyl halides is 1. The first kappa shape index (κ1) is 9.61. The van der Waals surface area contributed by atoms with Crippen molar-refractivity contribution in [3.63, 3.8) is 0 Å². The first-order chi connectivity index (χ1) is 5.76. The summed E-state index contributed by atoms with van der Waals surface area (Å²) in [7, 11) is 2.75. The summed E-state index contributed by atoms with van der Waals surface area (Å²) in [6.45, 7) is 0. The van der Waals surface area contributed by atoms with Crippen molar-refractivity contribution in [1.82, 2.24) is 0 Å². The second-order valence-electron chi connectivity index (χ2n) is 2.80. The van der Waals surface area contributed by atoms with Gasteiger partial charge in [-0.1, -0.05) is 11.3 Å². The van der Waals surface area contributed by atoms with Gasteiger partial charge in [0.05, 0.1) is 7.11 Å². The quantitative estimate of drug-likeness (QED) is 0.509. The first-order valence-electron chi connectivity index (χ1n) is 3.97. The number of hydrogen-bond acceptors (Lipinski definition) is 1. The molecule has 0 N–H and O–H groups in total. The molecular weight excluding hydrogens is 188 g/mol. The topological polar surface area (TPSA) is 9.23 Å². The van der Waals surface area contributed by atoms with Gasteiger partial charge in [-0.3, -0.25) is 0 Å². The minimum absolute atomic E-state index is 0.675. The van der Waals surface area contributed by atoms with Crippen molar-refractivity contribution in [3.8, 4) is 5.75 Å². The molecule has 3 heteroatoms. The largest absolute Gasteiger partial charge is 0.497 e. The van der Waals surface area contributed by atoms with Gasteiger partial charge in [-0.15, -0.1) is 11.6 Å². The van der Waals surface area contributed by atoms with E-state index in [1.807, 2.05) is 6.07 Å². The van der Waals surface area contributed by atoms with Crippen LogP contribution in [0.2, 0.25) is 0 Å². The Kier molecular flexibility index (Phi) is 3.63. The SMILES string of the molecule is COc1cc([SiH3])cc(CCCl)c1. The van der Waals surface area contributed by atoms with Crippen LogP contribution in [0, 0.1) is 0 Å². The summed E-state index contributed by atoms with van der Waals surface area (Å²) in [6, 6.07) is 6.31. The van der Waals surface area contributed by atoms with Crippen LogP contribution in [-0.2, 0) is 6.42 Å². The number of ether oxygens (including phenoxy) is 1. The van der Waals surface area contributed by atoms with Crippen molar-refractivity contribution < 1.29 is 4.74 Å². The molecule has 0 spiro atoms. The molecule has 1 aromatic rings. The normalized spacial score (nSPS) is 10.2. The van der Waals surface area contributed by atoms with Gasteiger partial charge in [0, 0.05) is 16.1 Å². The molecule has 0 aromatic heterocycles. The van der Waals surface area contributed by atoms with Gasteiger partial charge in [-0.2, -0.15) is 0 Å². The zero-order valence-corrected chi connectivity index (χ0v) is 10.2. The van der Waals surface area contributed by atoms with Gasteiger partial charge in [0.25, 0.3) is 0 Å². The monoisotopic (exact) mass is 200 g/mol. The highest BCUT2D eigenvalue weighted by Gasteiger charge is 1.97. The average molecular weight is 201 g/mol. The summed E-state index contributed by atoms with van der Waals surface area (Å²) in [5, 5.41) is 1.36. The standard InChI is InChI=1S/C9H13ClOSi/c1-11-8-4-7(2-3-10)5-9(12)6-8/h4-6H,2-3H2,1,12H3. The van der Waals surface area contributed by atoms with Crippen LogP contribution in [0.4, 0.5) is 0 Å². The van der Waals surface area contributed by atoms with Gasteiger partial charge in [0.2, 0.25) is 0 Å². The number of methoxy groups -OCH3 is 1. The highest BCUT2D eigenvalue weighted by atomic mass is 35.5. The van der Waals surface area contributed by atoms with Crippen LogP contribution >= 0.6 is 11.6 Å². The molecule has 1 nitrogen and oxygen atoms in total. The van der Waals surface area contributed by atoms with Crippen LogP contribution in [0.3, 0.4) is 0 Å². The van der Waals surface area contributed by atoms with Crippen LogP contribution in [0.5, 0.6) is 5.75 Å². The second-order valence-corrected chi connectivity index (χ2v) is 4.33. The Balaban J connectivity index is 2.90. The summed E-state index contributed by atoms with van der Waals surface area (Å²) in [5.41, 5.74) is 1.27. The lowest BCUT2D eigenvalue weighted by Crippen LogP contribution is -2.04. The van der Waals surface area contributed by atoms with E-state index < -0.39 is 0 Å². The van der Waals surface area contributed by atoms with Crippen LogP contribution < -0.4 is 9.92 Å². The van der Waals surface area contributed by atoms with Gasteiger partial charge in [-0.05, 0) is 24.1 Å². The number of benzene rings is 1. The van der Waals surface area contributed by atoms with Crippen molar-refractivity contribution in [3.05, 3.63) is 23.8 Å². The summed E-state index contributed by atoms with van der Waals surface area (Å²) < 4.78 is 5.16. The molecular formula is C9H13ClOSi. The van der Waals surface area contributed by atoms with E-state index in [0.29, 0.717) is 5.88 Å². The Bertz CT molecular complexity index is 263. The van der Waals surface area contributed by atoms with Crippen LogP contribution in [-0.4, -0.2) is 23.2 Å². The van der Waals surface area contributed by atoms with E-state index in [0.717, 1.165) is 22.4 Å². The summed E-state index contributed by atoms with van der Waals surface area (Å²) in [6.07, 6.45) is 0.925. The second kappa shape index (κ2) is 4.53. The third-order valence-electron chi connectivity index (χ3n) is 1.73. The van der Waals surface area contributed by atoms with Crippen molar-refractivity contribution in [1.29, 1.82) is 0 Å². The molecule has 0 saturated heterocycles. The van der Waals surface area contributed by atoms with Crippen LogP contribution in [0.1, 0.15) is 5.56 Å². The van der Waals surface area contributed by atoms with Crippen LogP contribution in [0.25, 0.3) is 0 Å². The van der Waals surface area contributed by atoms with E-state index in [2.05, 4.69) is 12.1 Å². The Morgan fingerprint density at radius 1 is 1.42 bits per heavy atom. The smallest absolute Gasteiger partial charge is 0.118 e. The molecule has 0 fully saturated rings. The van der Waals surface area contributed by atoms with E-state index in [4.69, 9.17) is 16.3 Å². The lowest BCUT2D eigenvalue weighted by Gasteiger charge is -2.04. The van der Waals surface area contributed by atoms with Crippen molar-refractivity contribution in [2.75, 3.05) is 13.0 Å². The molecule has 0 aliphatic heterocycles. The number of hydrogen-bond donors (Lipinski definition) is 0. The van der Waals surface area contributed by atoms with Crippen LogP contribution in [0.15, 0.2) is 18.2 Å². The van der Waals surface area contributed by atoms with Crippen molar-refractivity contribution in [2.45, 2.75) is 6.42 Å². The van der Waals surface area contributed by atoms with Gasteiger partial charge in [-0.25, -0.2) is 0 Å². The fourth-order valence-electron chi connectivity index (χ4n) is 1.20. The van der Waals surface area contributed by atoms with E-state index in [-0.39, 0.29) is 0 Å². The lowest BCUT2D eigenvalue weighted by atomic mass is 10.1. The highest BCUT2D eigenvalue weighted by molar-refractivity contribution is 6.32. The lowest BCUT2D eigenvalue weighted by molar-refractivity contribution is 0.414. The number of aryl methyl sites for hydroxylation is 1. The molecule has 12 heavy (non-hydrogen) atoms. The fourth-order valence-corrected chi connectivity index (χ4v) is 2.07. The molecule has 1 aromatic carbocycles. The summed E-state index contributed by atoms with van der Waals surface area (Å²) >= 11 is 5.65. The van der Waals surface area contributed by atoms with E-state index in [1.54, 1.807) is 7.11 Å². The highest BCUT2D eigenvalue weighted by Crippen LogP contribution is 2.11. The summed E-state index contributed by atoms with van der Waals surface area (Å²) in [5.74, 6) is 1.62. The molecule has 66 valence electrons. The predicted molar refractivity (Wildman–Crippen MR) is 57.0 cm³/mol. The van der Waals surface area contributed by atoms with Gasteiger partial charge >= 0.3 is 0 Å². The van der Waals surface area contributed by atoms with E-state index >= 15 is 0 Å². The molecule has 0 bridgehead atoms. The minimum atomic E-state index is 0.675. The summed E-state index contributed by atoms with van der Waals surface area (Å²) in [4.78, 5) is 0. The maximum Gasteiger partial charge on any atom is 0.118 e. The molecule has 0 radical (unpaired) electrons. The molecule has 0 saturated carbocycles. The van der Waals surface area contributed by atoms with E-state index in [1.165, 1.54) is 10.8 Å². The zero-order valence-electron chi connectivity index (χ0n) is 7.43. The number of rotatable bonds is 3. The van der Waals surface area contributed by atoms with Crippen molar-refractivity contribution >= 4 is 27.0 Å². The predicted octanol–water partition coefficient (Wildman–Crippen LogP) is 0.467. The third-order valence-corrected chi connectivity index (χ3v) is 2.50. The van der Waals surface area contributed by atoms with E-state index in [9.17, 15) is 0 Å². The Hall–Kier alpha value is -0.473. The fraction of sp³-hybridized carbons (Fsp3) is 0.333. The maximum atomic E-state index is 5.65. The molecule has 0 unspecified atom stereocenters. The molecule has 0 aliphatic carbocycles. The van der Waals surface area contributed by atoms with Gasteiger partial charge in [0.1, 0.15) is 5.75 Å². The van der Waals surface area contributed by atoms with Gasteiger partial charge in [0.15, 0.2) is 0 Å². The number of halogens is 1. The van der Waals surface area contributed by atoms with Gasteiger partial charge < -0.3 is 4.74 Å². The maximum absolute atomic E-state index is 5.65. The molecule has 0 heterocycles. The zero-order chi connectivity index (χ0) is 8.97. The Morgan fingerprint density at radius 2 is 2.17 bits per heavy atom. The Morgan fingerprint density at radius 3 is 2.75 bits per heavy atom. The molecule has 0 atom stereocenters. The molecule has 1 rings (SSSR count). The minimum Gasteiger partial charge on any atom is -0.497 e. The average Bonchev–Trinajstić information content (AvgIpc) is 2.04. The molecule has 0 aliphatic rings. The molecule has 0 amide bonds. The first-order valence-corrected chi connectivity index (χ1v) is 5.50. The van der Waals surface area contributed by atoms with Crippen molar-refractivity contribution in [2.24, 2.45) is 0 Å². The Labute approximate surface area is 81.1 Å².